The van der Waals surface area contributed by atoms with Crippen molar-refractivity contribution in [2.24, 2.45) is 5.92 Å². The van der Waals surface area contributed by atoms with E-state index >= 15 is 0 Å². The lowest BCUT2D eigenvalue weighted by atomic mass is 10.1. The Kier molecular flexibility index (Phi) is 3.46. The Balaban J connectivity index is 2.14. The van der Waals surface area contributed by atoms with Gasteiger partial charge in [0.2, 0.25) is 5.91 Å². The number of amides is 1. The third kappa shape index (κ3) is 3.08. The van der Waals surface area contributed by atoms with Crippen LogP contribution >= 0.6 is 0 Å². The van der Waals surface area contributed by atoms with Crippen molar-refractivity contribution in [3.05, 3.63) is 29.3 Å². The first-order chi connectivity index (χ1) is 8.20. The van der Waals surface area contributed by atoms with E-state index < -0.39 is 0 Å². The summed E-state index contributed by atoms with van der Waals surface area (Å²) in [5.41, 5.74) is 2.65. The number of aryl methyl sites for hydroxylation is 1. The molecule has 1 saturated carbocycles. The fraction of sp³-hybridized carbons (Fsp3) is 0.357. The molecule has 3 heteroatoms. The highest BCUT2D eigenvalue weighted by Gasteiger charge is 2.29. The number of anilines is 1. The van der Waals surface area contributed by atoms with E-state index in [1.165, 1.54) is 0 Å². The Morgan fingerprint density at radius 2 is 2.29 bits per heavy atom. The molecule has 0 saturated heterocycles. The Hall–Kier alpha value is -1.79. The quantitative estimate of drug-likeness (QED) is 0.758. The second-order valence-corrected chi connectivity index (χ2v) is 4.25. The normalized spacial score (nSPS) is 13.8. The molecule has 1 aliphatic rings. The Labute approximate surface area is 101 Å². The fourth-order valence-corrected chi connectivity index (χ4v) is 1.56. The van der Waals surface area contributed by atoms with Crippen LogP contribution in [0.25, 0.3) is 0 Å². The van der Waals surface area contributed by atoms with E-state index in [0.29, 0.717) is 0 Å². The summed E-state index contributed by atoms with van der Waals surface area (Å²) in [4.78, 5) is 11.6. The van der Waals surface area contributed by atoms with Gasteiger partial charge in [0.15, 0.2) is 0 Å². The summed E-state index contributed by atoms with van der Waals surface area (Å²) >= 11 is 0. The van der Waals surface area contributed by atoms with Crippen LogP contribution in [0.2, 0.25) is 0 Å². The van der Waals surface area contributed by atoms with E-state index in [4.69, 9.17) is 5.11 Å². The van der Waals surface area contributed by atoms with Crippen molar-refractivity contribution < 1.29 is 9.90 Å². The highest BCUT2D eigenvalue weighted by molar-refractivity contribution is 5.94. The molecule has 17 heavy (non-hydrogen) atoms. The van der Waals surface area contributed by atoms with Crippen LogP contribution in [-0.2, 0) is 4.79 Å². The van der Waals surface area contributed by atoms with Crippen molar-refractivity contribution in [1.29, 1.82) is 0 Å². The highest BCUT2D eigenvalue weighted by Crippen LogP contribution is 2.30. The summed E-state index contributed by atoms with van der Waals surface area (Å²) in [6.07, 6.45) is 1.99. The number of rotatable bonds is 2. The number of hydrogen-bond donors (Lipinski definition) is 2. The van der Waals surface area contributed by atoms with Gasteiger partial charge in [-0.3, -0.25) is 4.79 Å². The third-order valence-corrected chi connectivity index (χ3v) is 2.76. The molecule has 0 atom stereocenters. The minimum absolute atomic E-state index is 0.0925. The molecule has 1 aromatic rings. The molecule has 2 N–H and O–H groups in total. The Morgan fingerprint density at radius 1 is 1.53 bits per heavy atom. The largest absolute Gasteiger partial charge is 0.384 e. The molecule has 1 amide bonds. The van der Waals surface area contributed by atoms with Gasteiger partial charge >= 0.3 is 0 Å². The number of carbonyl (C=O) groups is 1. The molecular formula is C14H15NO2. The van der Waals surface area contributed by atoms with Crippen LogP contribution < -0.4 is 5.32 Å². The molecule has 3 nitrogen and oxygen atoms in total. The highest BCUT2D eigenvalue weighted by atomic mass is 16.2. The number of nitrogens with one attached hydrogen (secondary N) is 1. The minimum atomic E-state index is -0.155. The van der Waals surface area contributed by atoms with Crippen molar-refractivity contribution in [3.63, 3.8) is 0 Å². The monoisotopic (exact) mass is 229 g/mol. The number of hydrogen-bond acceptors (Lipinski definition) is 2. The van der Waals surface area contributed by atoms with Gasteiger partial charge in [-0.1, -0.05) is 17.9 Å². The molecule has 2 rings (SSSR count). The summed E-state index contributed by atoms with van der Waals surface area (Å²) in [6.45, 7) is 1.80. The summed E-state index contributed by atoms with van der Waals surface area (Å²) in [7, 11) is 0. The molecule has 88 valence electrons. The first-order valence-electron chi connectivity index (χ1n) is 5.72. The number of benzene rings is 1. The van der Waals surface area contributed by atoms with Gasteiger partial charge in [0.25, 0.3) is 0 Å². The van der Waals surface area contributed by atoms with Crippen LogP contribution in [0.5, 0.6) is 0 Å². The summed E-state index contributed by atoms with van der Waals surface area (Å²) < 4.78 is 0. The smallest absolute Gasteiger partial charge is 0.227 e. The Morgan fingerprint density at radius 3 is 2.94 bits per heavy atom. The molecule has 0 bridgehead atoms. The summed E-state index contributed by atoms with van der Waals surface area (Å²) in [5.74, 6) is 5.77. The van der Waals surface area contributed by atoms with Gasteiger partial charge < -0.3 is 10.4 Å². The molecule has 1 aliphatic carbocycles. The molecule has 0 aromatic heterocycles. The maximum absolute atomic E-state index is 11.6. The zero-order chi connectivity index (χ0) is 12.3. The molecule has 1 fully saturated rings. The lowest BCUT2D eigenvalue weighted by Crippen LogP contribution is -2.13. The maximum atomic E-state index is 11.6. The zero-order valence-corrected chi connectivity index (χ0v) is 9.79. The van der Waals surface area contributed by atoms with Gasteiger partial charge in [-0.05, 0) is 37.5 Å². The van der Waals surface area contributed by atoms with Crippen molar-refractivity contribution in [2.45, 2.75) is 19.8 Å². The predicted octanol–water partition coefficient (Wildman–Crippen LogP) is 1.69. The van der Waals surface area contributed by atoms with Gasteiger partial charge in [-0.2, -0.15) is 0 Å². The van der Waals surface area contributed by atoms with Crippen LogP contribution in [0.15, 0.2) is 18.2 Å². The molecule has 0 spiro atoms. The zero-order valence-electron chi connectivity index (χ0n) is 9.79. The molecular weight excluding hydrogens is 214 g/mol. The van der Waals surface area contributed by atoms with Crippen molar-refractivity contribution in [3.8, 4) is 11.8 Å². The van der Waals surface area contributed by atoms with E-state index in [0.717, 1.165) is 29.7 Å². The molecule has 0 radical (unpaired) electrons. The van der Waals surface area contributed by atoms with E-state index in [2.05, 4.69) is 17.2 Å². The van der Waals surface area contributed by atoms with Gasteiger partial charge in [0.05, 0.1) is 0 Å². The average molecular weight is 229 g/mol. The fourth-order valence-electron chi connectivity index (χ4n) is 1.56. The van der Waals surface area contributed by atoms with E-state index in [9.17, 15) is 4.79 Å². The first-order valence-corrected chi connectivity index (χ1v) is 5.72. The van der Waals surface area contributed by atoms with Crippen LogP contribution in [0, 0.1) is 24.7 Å². The third-order valence-electron chi connectivity index (χ3n) is 2.76. The summed E-state index contributed by atoms with van der Waals surface area (Å²) in [5, 5.41) is 11.5. The van der Waals surface area contributed by atoms with Gasteiger partial charge in [0, 0.05) is 17.2 Å². The van der Waals surface area contributed by atoms with E-state index in [1.54, 1.807) is 0 Å². The number of carbonyl (C=O) groups excluding carboxylic acids is 1. The van der Waals surface area contributed by atoms with Crippen molar-refractivity contribution in [2.75, 3.05) is 11.9 Å². The standard InChI is InChI=1S/C14H15NO2/c1-10-4-7-13(9-12(10)3-2-8-16)15-14(17)11-5-6-11/h4,7,9,11,16H,5-6,8H2,1H3,(H,15,17). The van der Waals surface area contributed by atoms with Gasteiger partial charge in [0.1, 0.15) is 6.61 Å². The lowest BCUT2D eigenvalue weighted by Gasteiger charge is -2.06. The number of aliphatic hydroxyl groups is 1. The van der Waals surface area contributed by atoms with Crippen LogP contribution in [-0.4, -0.2) is 17.6 Å². The molecule has 0 heterocycles. The maximum Gasteiger partial charge on any atom is 0.227 e. The number of aliphatic hydroxyl groups excluding tert-OH is 1. The second kappa shape index (κ2) is 5.03. The van der Waals surface area contributed by atoms with Crippen molar-refractivity contribution >= 4 is 11.6 Å². The predicted molar refractivity (Wildman–Crippen MR) is 66.5 cm³/mol. The van der Waals surface area contributed by atoms with Crippen LogP contribution in [0.1, 0.15) is 24.0 Å². The SMILES string of the molecule is Cc1ccc(NC(=O)C2CC2)cc1C#CCO. The summed E-state index contributed by atoms with van der Waals surface area (Å²) in [6, 6.07) is 5.64. The average Bonchev–Trinajstić information content (AvgIpc) is 3.13. The molecule has 1 aromatic carbocycles. The van der Waals surface area contributed by atoms with Gasteiger partial charge in [-0.25, -0.2) is 0 Å². The molecule has 0 aliphatic heterocycles. The topological polar surface area (TPSA) is 49.3 Å². The first kappa shape index (κ1) is 11.7. The van der Waals surface area contributed by atoms with Gasteiger partial charge in [-0.15, -0.1) is 0 Å². The van der Waals surface area contributed by atoms with Crippen LogP contribution in [0.4, 0.5) is 5.69 Å². The Bertz CT molecular complexity index is 493. The van der Waals surface area contributed by atoms with Crippen molar-refractivity contribution in [1.82, 2.24) is 0 Å². The van der Waals surface area contributed by atoms with E-state index in [-0.39, 0.29) is 18.4 Å². The minimum Gasteiger partial charge on any atom is -0.384 e. The van der Waals surface area contributed by atoms with Crippen LogP contribution in [0.3, 0.4) is 0 Å². The molecule has 0 unspecified atom stereocenters. The van der Waals surface area contributed by atoms with E-state index in [1.807, 2.05) is 25.1 Å². The lowest BCUT2D eigenvalue weighted by molar-refractivity contribution is -0.117. The second-order valence-electron chi connectivity index (χ2n) is 4.25.